The van der Waals surface area contributed by atoms with E-state index in [1.54, 1.807) is 30.3 Å². The van der Waals surface area contributed by atoms with Crippen molar-refractivity contribution in [2.24, 2.45) is 5.10 Å². The predicted molar refractivity (Wildman–Crippen MR) is 109 cm³/mol. The third-order valence-electron chi connectivity index (χ3n) is 4.64. The number of non-ortho nitro benzene ring substituents is 1. The van der Waals surface area contributed by atoms with Crippen LogP contribution in [0.1, 0.15) is 15.9 Å². The van der Waals surface area contributed by atoms with Crippen LogP contribution in [0.2, 0.25) is 0 Å². The Morgan fingerprint density at radius 3 is 2.61 bits per heavy atom. The number of carbonyl (C=O) groups is 1. The highest BCUT2D eigenvalue weighted by Crippen LogP contribution is 2.25. The van der Waals surface area contributed by atoms with Crippen LogP contribution < -0.4 is 16.1 Å². The van der Waals surface area contributed by atoms with E-state index in [2.05, 4.69) is 27.4 Å². The van der Waals surface area contributed by atoms with E-state index in [0.29, 0.717) is 16.8 Å². The van der Waals surface area contributed by atoms with Gasteiger partial charge in [-0.05, 0) is 25.2 Å². The van der Waals surface area contributed by atoms with E-state index in [1.807, 2.05) is 0 Å². The Bertz CT molecular complexity index is 906. The van der Waals surface area contributed by atoms with Gasteiger partial charge in [0.05, 0.1) is 16.7 Å². The summed E-state index contributed by atoms with van der Waals surface area (Å²) < 4.78 is 0. The van der Waals surface area contributed by atoms with Gasteiger partial charge in [0.25, 0.3) is 11.6 Å². The molecule has 0 unspecified atom stereocenters. The number of carbonyl (C=O) groups excluding carboxylic acids is 1. The maximum atomic E-state index is 12.2. The first-order chi connectivity index (χ1) is 13.5. The normalized spacial score (nSPS) is 15.0. The highest BCUT2D eigenvalue weighted by atomic mass is 16.6. The van der Waals surface area contributed by atoms with Crippen LogP contribution in [0.25, 0.3) is 0 Å². The summed E-state index contributed by atoms with van der Waals surface area (Å²) in [6.45, 7) is 3.42. The minimum atomic E-state index is -0.450. The summed E-state index contributed by atoms with van der Waals surface area (Å²) in [5, 5.41) is 15.1. The number of nitro benzene ring substituents is 1. The SMILES string of the molecule is CN1CCN(c2ccc([N+](=O)[O-])cc2/C=N\NC(=O)c2ccccc2N)CC1. The minimum absolute atomic E-state index is 0.0297. The summed E-state index contributed by atoms with van der Waals surface area (Å²) in [7, 11) is 2.06. The first-order valence-electron chi connectivity index (χ1n) is 8.85. The van der Waals surface area contributed by atoms with Crippen LogP contribution in [0, 0.1) is 10.1 Å². The van der Waals surface area contributed by atoms with E-state index < -0.39 is 10.8 Å². The molecule has 2 aromatic rings. The number of nitrogen functional groups attached to an aromatic ring is 1. The molecule has 28 heavy (non-hydrogen) atoms. The maximum Gasteiger partial charge on any atom is 0.273 e. The molecular formula is C19H22N6O3. The van der Waals surface area contributed by atoms with Crippen molar-refractivity contribution < 1.29 is 9.72 Å². The Labute approximate surface area is 162 Å². The third-order valence-corrected chi connectivity index (χ3v) is 4.64. The topological polar surface area (TPSA) is 117 Å². The fourth-order valence-electron chi connectivity index (χ4n) is 3.02. The molecule has 9 nitrogen and oxygen atoms in total. The van der Waals surface area contributed by atoms with Crippen molar-refractivity contribution in [1.82, 2.24) is 10.3 Å². The van der Waals surface area contributed by atoms with Gasteiger partial charge in [0.2, 0.25) is 0 Å². The number of anilines is 2. The lowest BCUT2D eigenvalue weighted by Crippen LogP contribution is -2.44. The number of rotatable bonds is 5. The molecule has 0 bridgehead atoms. The van der Waals surface area contributed by atoms with Gasteiger partial charge in [0.1, 0.15) is 0 Å². The standard InChI is InChI=1S/C19H22N6O3/c1-23-8-10-24(11-9-23)18-7-6-15(25(27)28)12-14(18)13-21-22-19(26)16-4-2-3-5-17(16)20/h2-7,12-13H,8-11,20H2,1H3,(H,22,26)/b21-13-. The van der Waals surface area contributed by atoms with Crippen LogP contribution in [-0.4, -0.2) is 55.2 Å². The fourth-order valence-corrected chi connectivity index (χ4v) is 3.02. The Hall–Kier alpha value is -3.46. The molecule has 146 valence electrons. The lowest BCUT2D eigenvalue weighted by molar-refractivity contribution is -0.384. The lowest BCUT2D eigenvalue weighted by Gasteiger charge is -2.34. The molecule has 1 amide bonds. The number of hydrogen-bond donors (Lipinski definition) is 2. The van der Waals surface area contributed by atoms with Crippen LogP contribution >= 0.6 is 0 Å². The summed E-state index contributed by atoms with van der Waals surface area (Å²) in [6.07, 6.45) is 1.43. The second kappa shape index (κ2) is 8.49. The van der Waals surface area contributed by atoms with Gasteiger partial charge >= 0.3 is 0 Å². The number of para-hydroxylation sites is 1. The summed E-state index contributed by atoms with van der Waals surface area (Å²) in [6, 6.07) is 11.3. The number of nitrogens with two attached hydrogens (primary N) is 1. The average molecular weight is 382 g/mol. The molecule has 0 atom stereocenters. The van der Waals surface area contributed by atoms with Crippen molar-refractivity contribution in [3.63, 3.8) is 0 Å². The van der Waals surface area contributed by atoms with E-state index in [0.717, 1.165) is 31.9 Å². The van der Waals surface area contributed by atoms with E-state index in [1.165, 1.54) is 18.3 Å². The van der Waals surface area contributed by atoms with Crippen LogP contribution in [0.15, 0.2) is 47.6 Å². The molecule has 0 aliphatic carbocycles. The molecule has 1 aliphatic heterocycles. The molecular weight excluding hydrogens is 360 g/mol. The number of hydrogen-bond acceptors (Lipinski definition) is 7. The number of piperazine rings is 1. The van der Waals surface area contributed by atoms with Gasteiger partial charge in [0.15, 0.2) is 0 Å². The van der Waals surface area contributed by atoms with Crippen LogP contribution in [0.4, 0.5) is 17.1 Å². The Morgan fingerprint density at radius 1 is 1.21 bits per heavy atom. The van der Waals surface area contributed by atoms with Gasteiger partial charge in [-0.2, -0.15) is 5.10 Å². The molecule has 1 fully saturated rings. The van der Waals surface area contributed by atoms with Gasteiger partial charge in [-0.15, -0.1) is 0 Å². The average Bonchev–Trinajstić information content (AvgIpc) is 2.69. The molecule has 0 saturated carbocycles. The molecule has 1 saturated heterocycles. The quantitative estimate of drug-likeness (QED) is 0.352. The summed E-state index contributed by atoms with van der Waals surface area (Å²) >= 11 is 0. The van der Waals surface area contributed by atoms with Gasteiger partial charge in [-0.1, -0.05) is 12.1 Å². The third kappa shape index (κ3) is 4.44. The molecule has 0 spiro atoms. The fraction of sp³-hybridized carbons (Fsp3) is 0.263. The Morgan fingerprint density at radius 2 is 1.93 bits per heavy atom. The number of nitrogens with one attached hydrogen (secondary N) is 1. The molecule has 3 N–H and O–H groups in total. The summed E-state index contributed by atoms with van der Waals surface area (Å²) in [5.41, 5.74) is 10.3. The van der Waals surface area contributed by atoms with E-state index >= 15 is 0 Å². The molecule has 3 rings (SSSR count). The van der Waals surface area contributed by atoms with E-state index in [9.17, 15) is 14.9 Å². The van der Waals surface area contributed by atoms with Gasteiger partial charge in [0, 0.05) is 55.2 Å². The minimum Gasteiger partial charge on any atom is -0.398 e. The van der Waals surface area contributed by atoms with Crippen molar-refractivity contribution in [3.05, 3.63) is 63.7 Å². The Kier molecular flexibility index (Phi) is 5.85. The molecule has 0 radical (unpaired) electrons. The number of nitro groups is 1. The zero-order valence-corrected chi connectivity index (χ0v) is 15.5. The summed E-state index contributed by atoms with van der Waals surface area (Å²) in [4.78, 5) is 27.3. The van der Waals surface area contributed by atoms with Crippen LogP contribution in [-0.2, 0) is 0 Å². The maximum absolute atomic E-state index is 12.2. The largest absolute Gasteiger partial charge is 0.398 e. The number of nitrogens with zero attached hydrogens (tertiary/aromatic N) is 4. The van der Waals surface area contributed by atoms with Gasteiger partial charge in [-0.25, -0.2) is 5.43 Å². The van der Waals surface area contributed by atoms with Crippen molar-refractivity contribution in [2.75, 3.05) is 43.9 Å². The van der Waals surface area contributed by atoms with Crippen molar-refractivity contribution in [1.29, 1.82) is 0 Å². The van der Waals surface area contributed by atoms with E-state index in [4.69, 9.17) is 5.73 Å². The van der Waals surface area contributed by atoms with Crippen molar-refractivity contribution >= 4 is 29.2 Å². The van der Waals surface area contributed by atoms with Gasteiger partial charge in [-0.3, -0.25) is 14.9 Å². The summed E-state index contributed by atoms with van der Waals surface area (Å²) in [5.74, 6) is -0.444. The smallest absolute Gasteiger partial charge is 0.273 e. The zero-order chi connectivity index (χ0) is 20.1. The molecule has 9 heteroatoms. The number of likely N-dealkylation sites (N-methyl/N-ethyl adjacent to an activating group) is 1. The first-order valence-corrected chi connectivity index (χ1v) is 8.85. The van der Waals surface area contributed by atoms with E-state index in [-0.39, 0.29) is 5.69 Å². The zero-order valence-electron chi connectivity index (χ0n) is 15.5. The van der Waals surface area contributed by atoms with Crippen LogP contribution in [0.3, 0.4) is 0 Å². The monoisotopic (exact) mass is 382 g/mol. The highest BCUT2D eigenvalue weighted by Gasteiger charge is 2.19. The molecule has 0 aromatic heterocycles. The van der Waals surface area contributed by atoms with Crippen molar-refractivity contribution in [3.8, 4) is 0 Å². The second-order valence-corrected chi connectivity index (χ2v) is 6.58. The first kappa shape index (κ1) is 19.3. The highest BCUT2D eigenvalue weighted by molar-refractivity contribution is 5.99. The number of amides is 1. The molecule has 2 aromatic carbocycles. The van der Waals surface area contributed by atoms with Gasteiger partial charge < -0.3 is 15.5 Å². The molecule has 1 heterocycles. The Balaban J connectivity index is 1.81. The number of benzene rings is 2. The van der Waals surface area contributed by atoms with Crippen LogP contribution in [0.5, 0.6) is 0 Å². The lowest BCUT2D eigenvalue weighted by atomic mass is 10.1. The second-order valence-electron chi connectivity index (χ2n) is 6.58. The predicted octanol–water partition coefficient (Wildman–Crippen LogP) is 1.69. The number of hydrazone groups is 1. The van der Waals surface area contributed by atoms with Crippen molar-refractivity contribution in [2.45, 2.75) is 0 Å². The molecule has 1 aliphatic rings.